The van der Waals surface area contributed by atoms with Crippen molar-refractivity contribution in [1.29, 1.82) is 0 Å². The Morgan fingerprint density at radius 3 is 2.18 bits per heavy atom. The molecule has 0 fully saturated rings. The fourth-order valence-electron chi connectivity index (χ4n) is 0.436. The summed E-state index contributed by atoms with van der Waals surface area (Å²) < 4.78 is 14.7. The van der Waals surface area contributed by atoms with E-state index >= 15 is 0 Å². The van der Waals surface area contributed by atoms with Crippen LogP contribution in [0.3, 0.4) is 0 Å². The van der Waals surface area contributed by atoms with Crippen LogP contribution in [0.25, 0.3) is 0 Å². The van der Waals surface area contributed by atoms with Gasteiger partial charge in [-0.3, -0.25) is 4.57 Å². The van der Waals surface area contributed by atoms with E-state index in [1.807, 2.05) is 0 Å². The molecule has 62 valence electrons. The first kappa shape index (κ1) is 14.2. The topological polar surface area (TPSA) is 102 Å². The molecule has 0 aromatic carbocycles. The van der Waals surface area contributed by atoms with Crippen molar-refractivity contribution in [3.8, 4) is 0 Å². The van der Waals surface area contributed by atoms with Gasteiger partial charge in [0.2, 0.25) is 5.50 Å². The SMILES string of the molecule is O.O=P(O)(O)c1ccco1.[CaH2]. The molecule has 0 aliphatic carbocycles. The second kappa shape index (κ2) is 5.32. The summed E-state index contributed by atoms with van der Waals surface area (Å²) in [6.07, 6.45) is 1.22. The normalized spacial score (nSPS) is 9.64. The first-order chi connectivity index (χ1) is 4.11. The van der Waals surface area contributed by atoms with Gasteiger partial charge in [-0.25, -0.2) is 0 Å². The van der Waals surface area contributed by atoms with Crippen molar-refractivity contribution in [2.45, 2.75) is 0 Å². The predicted molar refractivity (Wildman–Crippen MR) is 42.5 cm³/mol. The van der Waals surface area contributed by atoms with Gasteiger partial charge in [0.15, 0.2) is 0 Å². The second-order valence-electron chi connectivity index (χ2n) is 1.50. The van der Waals surface area contributed by atoms with Crippen molar-refractivity contribution in [3.63, 3.8) is 0 Å². The van der Waals surface area contributed by atoms with E-state index in [-0.39, 0.29) is 48.7 Å². The minimum absolute atomic E-state index is 0. The van der Waals surface area contributed by atoms with Crippen LogP contribution in [0.2, 0.25) is 0 Å². The van der Waals surface area contributed by atoms with Gasteiger partial charge in [0, 0.05) is 0 Å². The average Bonchev–Trinajstić information content (AvgIpc) is 2.08. The van der Waals surface area contributed by atoms with Crippen molar-refractivity contribution in [2.24, 2.45) is 0 Å². The first-order valence-electron chi connectivity index (χ1n) is 2.20. The molecule has 1 aromatic heterocycles. The molecule has 0 aliphatic heterocycles. The monoisotopic (exact) mass is 208 g/mol. The summed E-state index contributed by atoms with van der Waals surface area (Å²) in [4.78, 5) is 16.8. The zero-order chi connectivity index (χ0) is 6.91. The van der Waals surface area contributed by atoms with E-state index in [1.165, 1.54) is 18.4 Å². The molecule has 11 heavy (non-hydrogen) atoms. The molecule has 0 aliphatic rings. The van der Waals surface area contributed by atoms with E-state index in [2.05, 4.69) is 4.42 Å². The fourth-order valence-corrected chi connectivity index (χ4v) is 0.914. The Morgan fingerprint density at radius 1 is 1.45 bits per heavy atom. The third-order valence-electron chi connectivity index (χ3n) is 0.793. The zero-order valence-corrected chi connectivity index (χ0v) is 5.78. The van der Waals surface area contributed by atoms with Gasteiger partial charge in [-0.05, 0) is 12.1 Å². The Balaban J connectivity index is 0. The Morgan fingerprint density at radius 2 is 2.00 bits per heavy atom. The number of hydrogen-bond donors (Lipinski definition) is 2. The van der Waals surface area contributed by atoms with E-state index in [0.29, 0.717) is 0 Å². The minimum atomic E-state index is -4.14. The summed E-state index contributed by atoms with van der Waals surface area (Å²) in [7, 11) is -4.14. The van der Waals surface area contributed by atoms with Crippen LogP contribution < -0.4 is 5.50 Å². The Hall–Kier alpha value is 0.650. The van der Waals surface area contributed by atoms with Crippen LogP contribution in [0, 0.1) is 0 Å². The van der Waals surface area contributed by atoms with Crippen molar-refractivity contribution < 1.29 is 24.2 Å². The van der Waals surface area contributed by atoms with Gasteiger partial charge in [-0.15, -0.1) is 0 Å². The molecular weight excluding hydrogens is 199 g/mol. The summed E-state index contributed by atoms with van der Waals surface area (Å²) in [5, 5.41) is 0. The van der Waals surface area contributed by atoms with Gasteiger partial charge in [0.25, 0.3) is 0 Å². The van der Waals surface area contributed by atoms with Crippen LogP contribution in [0.4, 0.5) is 0 Å². The van der Waals surface area contributed by atoms with Gasteiger partial charge in [0.1, 0.15) is 0 Å². The van der Waals surface area contributed by atoms with Crippen LogP contribution in [0.15, 0.2) is 22.8 Å². The average molecular weight is 208 g/mol. The van der Waals surface area contributed by atoms with Gasteiger partial charge in [-0.1, -0.05) is 0 Å². The van der Waals surface area contributed by atoms with Gasteiger partial charge in [0.05, 0.1) is 6.26 Å². The summed E-state index contributed by atoms with van der Waals surface area (Å²) in [5.74, 6) is 0. The molecule has 1 heterocycles. The molecule has 0 amide bonds. The van der Waals surface area contributed by atoms with Crippen LogP contribution in [-0.2, 0) is 4.57 Å². The summed E-state index contributed by atoms with van der Waals surface area (Å²) in [6.45, 7) is 0. The van der Waals surface area contributed by atoms with Gasteiger partial charge >= 0.3 is 45.3 Å². The van der Waals surface area contributed by atoms with E-state index < -0.39 is 7.60 Å². The molecular formula is C4H9CaO5P. The molecule has 1 aromatic rings. The molecule has 5 nitrogen and oxygen atoms in total. The third kappa shape index (κ3) is 4.28. The molecule has 0 bridgehead atoms. The predicted octanol–water partition coefficient (Wildman–Crippen LogP) is -1.66. The fraction of sp³-hybridized carbons (Fsp3) is 0. The van der Waals surface area contributed by atoms with E-state index in [9.17, 15) is 4.57 Å². The van der Waals surface area contributed by atoms with Crippen LogP contribution in [-0.4, -0.2) is 53.0 Å². The molecule has 0 saturated carbocycles. The molecule has 4 N–H and O–H groups in total. The van der Waals surface area contributed by atoms with Crippen LogP contribution >= 0.6 is 7.60 Å². The molecule has 0 radical (unpaired) electrons. The maximum absolute atomic E-state index is 10.3. The van der Waals surface area contributed by atoms with Gasteiger partial charge in [-0.2, -0.15) is 0 Å². The van der Waals surface area contributed by atoms with E-state index in [4.69, 9.17) is 9.79 Å². The molecule has 7 heteroatoms. The maximum atomic E-state index is 10.3. The van der Waals surface area contributed by atoms with E-state index in [1.54, 1.807) is 0 Å². The third-order valence-corrected chi connectivity index (χ3v) is 1.62. The summed E-state index contributed by atoms with van der Waals surface area (Å²) in [5.41, 5.74) is -0.289. The second-order valence-corrected chi connectivity index (χ2v) is 3.02. The number of furan rings is 1. The Labute approximate surface area is 92.9 Å². The van der Waals surface area contributed by atoms with Gasteiger partial charge < -0.3 is 19.7 Å². The van der Waals surface area contributed by atoms with Crippen LogP contribution in [0.5, 0.6) is 0 Å². The quantitative estimate of drug-likeness (QED) is 0.426. The standard InChI is InChI=1S/C4H5O4P.Ca.H2O.2H/c5-9(6,7)4-2-1-3-8-4;;;;/h1-3H,(H2,5,6,7);;1H2;;. The molecule has 0 unspecified atom stereocenters. The van der Waals surface area contributed by atoms with Crippen LogP contribution in [0.1, 0.15) is 0 Å². The van der Waals surface area contributed by atoms with Crippen molar-refractivity contribution >= 4 is 50.8 Å². The number of hydrogen-bond acceptors (Lipinski definition) is 2. The molecule has 1 rings (SSSR count). The summed E-state index contributed by atoms with van der Waals surface area (Å²) in [6, 6.07) is 2.66. The summed E-state index contributed by atoms with van der Waals surface area (Å²) >= 11 is 0. The van der Waals surface area contributed by atoms with Crippen molar-refractivity contribution in [3.05, 3.63) is 18.4 Å². The first-order valence-corrected chi connectivity index (χ1v) is 3.81. The van der Waals surface area contributed by atoms with Crippen molar-refractivity contribution in [2.75, 3.05) is 0 Å². The Bertz CT molecular complexity index is 227. The number of rotatable bonds is 1. The molecule has 0 atom stereocenters. The molecule has 0 spiro atoms. The van der Waals surface area contributed by atoms with Crippen molar-refractivity contribution in [1.82, 2.24) is 0 Å². The van der Waals surface area contributed by atoms with E-state index in [0.717, 1.165) is 0 Å². The molecule has 0 saturated heterocycles. The zero-order valence-electron chi connectivity index (χ0n) is 4.89. The Kier molecular flexibility index (Phi) is 6.87.